The van der Waals surface area contributed by atoms with Crippen molar-refractivity contribution in [2.75, 3.05) is 18.0 Å². The highest BCUT2D eigenvalue weighted by Crippen LogP contribution is 2.31. The van der Waals surface area contributed by atoms with Crippen LogP contribution in [0.15, 0.2) is 23.6 Å². The molecule has 0 aliphatic carbocycles. The molecule has 1 aliphatic rings. The summed E-state index contributed by atoms with van der Waals surface area (Å²) in [6.45, 7) is 3.75. The zero-order chi connectivity index (χ0) is 18.5. The van der Waals surface area contributed by atoms with Gasteiger partial charge in [0.1, 0.15) is 12.3 Å². The molecule has 0 N–H and O–H groups in total. The molecule has 1 aliphatic heterocycles. The fraction of sp³-hybridized carbons (Fsp3) is 0.444. The van der Waals surface area contributed by atoms with Crippen LogP contribution in [0.1, 0.15) is 47.2 Å². The van der Waals surface area contributed by atoms with Crippen LogP contribution in [0.25, 0.3) is 0 Å². The molecule has 26 heavy (non-hydrogen) atoms. The fourth-order valence-corrected chi connectivity index (χ4v) is 3.87. The molecule has 2 aromatic rings. The van der Waals surface area contributed by atoms with Gasteiger partial charge in [-0.15, -0.1) is 11.3 Å². The standard InChI is InChI=1S/C18H21N3O4S/c1-2-5-17-19-14(12-26-17)11-25-18(22)13-6-7-15(16(10-13)21(23)24)20-8-3-4-9-20/h6-7,10,12H,2-5,8-9,11H2,1H3. The quantitative estimate of drug-likeness (QED) is 0.414. The lowest BCUT2D eigenvalue weighted by Crippen LogP contribution is -2.19. The van der Waals surface area contributed by atoms with Gasteiger partial charge in [-0.1, -0.05) is 6.92 Å². The van der Waals surface area contributed by atoms with E-state index in [0.29, 0.717) is 11.4 Å². The zero-order valence-electron chi connectivity index (χ0n) is 14.6. The molecule has 1 saturated heterocycles. The maximum atomic E-state index is 12.3. The SMILES string of the molecule is CCCc1nc(COC(=O)c2ccc(N3CCCC3)c([N+](=O)[O-])c2)cs1. The van der Waals surface area contributed by atoms with Gasteiger partial charge < -0.3 is 9.64 Å². The average Bonchev–Trinajstić information content (AvgIpc) is 3.31. The molecule has 0 saturated carbocycles. The van der Waals surface area contributed by atoms with Crippen LogP contribution in [0.5, 0.6) is 0 Å². The van der Waals surface area contributed by atoms with Crippen LogP contribution in [-0.2, 0) is 17.8 Å². The summed E-state index contributed by atoms with van der Waals surface area (Å²) in [5.74, 6) is -0.578. The van der Waals surface area contributed by atoms with Gasteiger partial charge in [0.2, 0.25) is 0 Å². The largest absolute Gasteiger partial charge is 0.456 e. The van der Waals surface area contributed by atoms with Crippen molar-refractivity contribution in [1.29, 1.82) is 0 Å². The second-order valence-electron chi connectivity index (χ2n) is 6.21. The highest BCUT2D eigenvalue weighted by Gasteiger charge is 2.24. The number of rotatable bonds is 7. The predicted molar refractivity (Wildman–Crippen MR) is 99.8 cm³/mol. The molecule has 0 atom stereocenters. The third-order valence-electron chi connectivity index (χ3n) is 4.27. The molecule has 1 aromatic carbocycles. The molecular formula is C18H21N3O4S. The number of anilines is 1. The number of carbonyl (C=O) groups is 1. The van der Waals surface area contributed by atoms with E-state index in [1.807, 2.05) is 10.3 Å². The minimum atomic E-state index is -0.578. The number of hydrogen-bond donors (Lipinski definition) is 0. The van der Waals surface area contributed by atoms with Crippen molar-refractivity contribution in [3.05, 3.63) is 50.0 Å². The van der Waals surface area contributed by atoms with E-state index in [1.165, 1.54) is 6.07 Å². The summed E-state index contributed by atoms with van der Waals surface area (Å²) in [4.78, 5) is 29.6. The van der Waals surface area contributed by atoms with Gasteiger partial charge >= 0.3 is 5.97 Å². The Morgan fingerprint density at radius 1 is 1.38 bits per heavy atom. The van der Waals surface area contributed by atoms with Crippen LogP contribution in [-0.4, -0.2) is 29.0 Å². The van der Waals surface area contributed by atoms with E-state index < -0.39 is 10.9 Å². The van der Waals surface area contributed by atoms with Crippen LogP contribution in [0, 0.1) is 10.1 Å². The number of nitrogens with zero attached hydrogens (tertiary/aromatic N) is 3. The van der Waals surface area contributed by atoms with Gasteiger partial charge in [0.25, 0.3) is 5.69 Å². The van der Waals surface area contributed by atoms with Crippen molar-refractivity contribution in [2.45, 2.75) is 39.2 Å². The number of nitro benzene ring substituents is 1. The molecule has 3 rings (SSSR count). The maximum Gasteiger partial charge on any atom is 0.338 e. The molecule has 0 bridgehead atoms. The Balaban J connectivity index is 1.70. The van der Waals surface area contributed by atoms with Gasteiger partial charge in [0, 0.05) is 24.5 Å². The Labute approximate surface area is 155 Å². The van der Waals surface area contributed by atoms with Crippen molar-refractivity contribution in [3.8, 4) is 0 Å². The highest BCUT2D eigenvalue weighted by atomic mass is 32.1. The Morgan fingerprint density at radius 3 is 2.85 bits per heavy atom. The summed E-state index contributed by atoms with van der Waals surface area (Å²) in [5, 5.41) is 14.3. The van der Waals surface area contributed by atoms with E-state index in [-0.39, 0.29) is 17.9 Å². The average molecular weight is 375 g/mol. The van der Waals surface area contributed by atoms with Gasteiger partial charge in [-0.25, -0.2) is 9.78 Å². The molecule has 0 amide bonds. The maximum absolute atomic E-state index is 12.3. The van der Waals surface area contributed by atoms with Gasteiger partial charge in [-0.05, 0) is 37.8 Å². The minimum Gasteiger partial charge on any atom is -0.456 e. The van der Waals surface area contributed by atoms with E-state index in [4.69, 9.17) is 4.74 Å². The Hall–Kier alpha value is -2.48. The lowest BCUT2D eigenvalue weighted by molar-refractivity contribution is -0.384. The first-order valence-corrected chi connectivity index (χ1v) is 9.60. The number of benzene rings is 1. The van der Waals surface area contributed by atoms with Crippen LogP contribution in [0.2, 0.25) is 0 Å². The van der Waals surface area contributed by atoms with E-state index >= 15 is 0 Å². The summed E-state index contributed by atoms with van der Waals surface area (Å²) in [6, 6.07) is 4.54. The molecule has 7 nitrogen and oxygen atoms in total. The molecule has 0 radical (unpaired) electrons. The van der Waals surface area contributed by atoms with E-state index in [9.17, 15) is 14.9 Å². The number of hydrogen-bond acceptors (Lipinski definition) is 7. The van der Waals surface area contributed by atoms with Crippen molar-refractivity contribution in [2.24, 2.45) is 0 Å². The Bertz CT molecular complexity index is 799. The zero-order valence-corrected chi connectivity index (χ0v) is 15.5. The second-order valence-corrected chi connectivity index (χ2v) is 7.16. The lowest BCUT2D eigenvalue weighted by atomic mass is 10.1. The summed E-state index contributed by atoms with van der Waals surface area (Å²) < 4.78 is 5.27. The molecule has 1 fully saturated rings. The lowest BCUT2D eigenvalue weighted by Gasteiger charge is -2.17. The molecule has 138 valence electrons. The van der Waals surface area contributed by atoms with Crippen LogP contribution in [0.4, 0.5) is 11.4 Å². The van der Waals surface area contributed by atoms with Crippen LogP contribution >= 0.6 is 11.3 Å². The van der Waals surface area contributed by atoms with E-state index in [1.54, 1.807) is 23.5 Å². The van der Waals surface area contributed by atoms with Gasteiger partial charge in [0.15, 0.2) is 0 Å². The number of carbonyl (C=O) groups excluding carboxylic acids is 1. The number of aryl methyl sites for hydroxylation is 1. The molecule has 0 unspecified atom stereocenters. The smallest absolute Gasteiger partial charge is 0.338 e. The monoisotopic (exact) mass is 375 g/mol. The Morgan fingerprint density at radius 2 is 2.15 bits per heavy atom. The molecule has 2 heterocycles. The minimum absolute atomic E-state index is 0.0553. The van der Waals surface area contributed by atoms with E-state index in [0.717, 1.165) is 43.8 Å². The third-order valence-corrected chi connectivity index (χ3v) is 5.23. The number of esters is 1. The number of aromatic nitrogens is 1. The first-order valence-electron chi connectivity index (χ1n) is 8.72. The summed E-state index contributed by atoms with van der Waals surface area (Å²) in [5.41, 5.74) is 1.40. The number of nitro groups is 1. The molecule has 8 heteroatoms. The van der Waals surface area contributed by atoms with Gasteiger partial charge in [0.05, 0.1) is 21.2 Å². The number of thiazole rings is 1. The fourth-order valence-electron chi connectivity index (χ4n) is 2.99. The normalized spacial score (nSPS) is 13.8. The van der Waals surface area contributed by atoms with Crippen molar-refractivity contribution in [3.63, 3.8) is 0 Å². The van der Waals surface area contributed by atoms with Gasteiger partial charge in [-0.3, -0.25) is 10.1 Å². The summed E-state index contributed by atoms with van der Waals surface area (Å²) in [7, 11) is 0. The first kappa shape index (κ1) is 18.3. The van der Waals surface area contributed by atoms with Crippen LogP contribution < -0.4 is 4.90 Å². The van der Waals surface area contributed by atoms with Crippen molar-refractivity contribution >= 4 is 28.7 Å². The van der Waals surface area contributed by atoms with Crippen molar-refractivity contribution in [1.82, 2.24) is 4.98 Å². The summed E-state index contributed by atoms with van der Waals surface area (Å²) >= 11 is 1.55. The molecule has 1 aromatic heterocycles. The predicted octanol–water partition coefficient (Wildman–Crippen LogP) is 3.96. The topological polar surface area (TPSA) is 85.6 Å². The summed E-state index contributed by atoms with van der Waals surface area (Å²) in [6.07, 6.45) is 3.96. The van der Waals surface area contributed by atoms with Crippen LogP contribution in [0.3, 0.4) is 0 Å². The van der Waals surface area contributed by atoms with E-state index in [2.05, 4.69) is 11.9 Å². The third kappa shape index (κ3) is 4.19. The second kappa shape index (κ2) is 8.27. The highest BCUT2D eigenvalue weighted by molar-refractivity contribution is 7.09. The first-order chi connectivity index (χ1) is 12.6. The number of ether oxygens (including phenoxy) is 1. The molecule has 0 spiro atoms. The Kier molecular flexibility index (Phi) is 5.82. The van der Waals surface area contributed by atoms with Crippen molar-refractivity contribution < 1.29 is 14.5 Å². The van der Waals surface area contributed by atoms with Gasteiger partial charge in [-0.2, -0.15) is 0 Å². The molecular weight excluding hydrogens is 354 g/mol.